The quantitative estimate of drug-likeness (QED) is 0.0136. The summed E-state index contributed by atoms with van der Waals surface area (Å²) in [6, 6.07) is 26.6. The van der Waals surface area contributed by atoms with Gasteiger partial charge in [0.05, 0.1) is 70.8 Å². The van der Waals surface area contributed by atoms with E-state index >= 15 is 0 Å². The Bertz CT molecular complexity index is 5290. The average molecular weight is 1700 g/mol. The van der Waals surface area contributed by atoms with Gasteiger partial charge < -0.3 is 44.7 Å². The van der Waals surface area contributed by atoms with Crippen LogP contribution in [0, 0.1) is 48.7 Å². The lowest BCUT2D eigenvalue weighted by atomic mass is 9.49. The molecule has 3 aliphatic heterocycles. The van der Waals surface area contributed by atoms with E-state index in [-0.39, 0.29) is 113 Å². The maximum atomic E-state index is 13.4. The molecule has 2 atom stereocenters. The molecule has 8 aromatic rings. The molecule has 4 N–H and O–H groups in total. The van der Waals surface area contributed by atoms with Crippen LogP contribution in [0.2, 0.25) is 10.0 Å². The van der Waals surface area contributed by atoms with Crippen LogP contribution in [0.1, 0.15) is 178 Å². The summed E-state index contributed by atoms with van der Waals surface area (Å²) in [6.45, 7) is 43.7. The number of piperazine rings is 2. The summed E-state index contributed by atoms with van der Waals surface area (Å²) < 4.78 is 27.4. The van der Waals surface area contributed by atoms with Crippen molar-refractivity contribution in [2.45, 2.75) is 184 Å². The number of aryl methyl sites for hydroxylation is 2. The molecule has 3 saturated heterocycles. The van der Waals surface area contributed by atoms with Crippen LogP contribution in [0.4, 0.5) is 23.0 Å². The highest BCUT2D eigenvalue weighted by atomic mass is 35.5. The molecule has 120 heavy (non-hydrogen) atoms. The molecule has 0 spiro atoms. The van der Waals surface area contributed by atoms with Gasteiger partial charge in [0.1, 0.15) is 81.3 Å². The van der Waals surface area contributed by atoms with Crippen LogP contribution >= 0.6 is 34.8 Å². The summed E-state index contributed by atoms with van der Waals surface area (Å²) in [5.41, 5.74) is 0.886. The number of rotatable bonds is 25. The first-order valence-corrected chi connectivity index (χ1v) is 42.0. The van der Waals surface area contributed by atoms with Gasteiger partial charge in [-0.3, -0.25) is 57.7 Å². The predicted molar refractivity (Wildman–Crippen MR) is 466 cm³/mol. The largest absolute Gasteiger partial charge is 0.491 e. The minimum Gasteiger partial charge on any atom is -0.491 e. The van der Waals surface area contributed by atoms with Crippen molar-refractivity contribution in [1.29, 1.82) is 0 Å². The average Bonchev–Trinajstić information content (AvgIpc) is 0.710. The molecule has 2 unspecified atom stereocenters. The third kappa shape index (κ3) is 19.9. The van der Waals surface area contributed by atoms with E-state index < -0.39 is 18.0 Å². The lowest BCUT2D eigenvalue weighted by molar-refractivity contribution is -0.164. The molecule has 3 saturated carbocycles. The number of hydrogen-bond donors (Lipinski definition) is 4. The minimum absolute atomic E-state index is 0. The highest BCUT2D eigenvalue weighted by Crippen LogP contribution is 2.57. The number of piperidine rings is 1. The molecule has 30 heteroatoms. The molecule has 4 amide bonds. The number of pyridine rings is 2. The topological polar surface area (TPSA) is 301 Å². The third-order valence-electron chi connectivity index (χ3n) is 23.8. The van der Waals surface area contributed by atoms with Gasteiger partial charge in [-0.2, -0.15) is 0 Å². The molecule has 0 bridgehead atoms. The number of ether oxygens (including phenoxy) is 4. The number of carbonyl (C=O) groups excluding carboxylic acids is 6. The highest BCUT2D eigenvalue weighted by Gasteiger charge is 2.65. The Hall–Kier alpha value is -10.6. The van der Waals surface area contributed by atoms with Gasteiger partial charge in [0.2, 0.25) is 23.2 Å². The number of amides is 4. The Morgan fingerprint density at radius 1 is 0.567 bits per heavy atom. The number of carbonyl (C=O) groups is 6. The van der Waals surface area contributed by atoms with Gasteiger partial charge in [0, 0.05) is 117 Å². The summed E-state index contributed by atoms with van der Waals surface area (Å²) in [5.74, 6) is 4.16. The highest BCUT2D eigenvalue weighted by molar-refractivity contribution is 6.33. The first-order valence-electron chi connectivity index (χ1n) is 40.7. The zero-order valence-electron chi connectivity index (χ0n) is 69.1. The minimum atomic E-state index is -0.770. The summed E-state index contributed by atoms with van der Waals surface area (Å²) in [6.07, 6.45) is 9.64. The van der Waals surface area contributed by atoms with Crippen LogP contribution in [-0.4, -0.2) is 171 Å². The van der Waals surface area contributed by atoms with Crippen LogP contribution in [0.3, 0.4) is 0 Å². The Kier molecular flexibility index (Phi) is 29.2. The molecular weight excluding hydrogens is 1590 g/mol. The molecule has 14 rings (SSSR count). The molecule has 7 heterocycles. The van der Waals surface area contributed by atoms with Crippen LogP contribution in [0.5, 0.6) is 23.0 Å². The van der Waals surface area contributed by atoms with E-state index in [1.807, 2.05) is 30.3 Å². The lowest BCUT2D eigenvalue weighted by Gasteiger charge is -2.63. The normalized spacial score (nSPS) is 20.8. The van der Waals surface area contributed by atoms with Gasteiger partial charge >= 0.3 is 0 Å². The zero-order valence-corrected chi connectivity index (χ0v) is 71.3. The smallest absolute Gasteiger partial charge is 0.262 e. The van der Waals surface area contributed by atoms with Crippen LogP contribution in [0.15, 0.2) is 119 Å². The monoisotopic (exact) mass is 1700 g/mol. The first kappa shape index (κ1) is 90.2. The number of fused-ring (bicyclic) bond motifs is 2. The Morgan fingerprint density at radius 3 is 1.46 bits per heavy atom. The number of nitrogens with one attached hydrogen (secondary N) is 4. The van der Waals surface area contributed by atoms with Gasteiger partial charge in [-0.1, -0.05) is 110 Å². The molecule has 3 aliphatic carbocycles. The van der Waals surface area contributed by atoms with E-state index in [0.717, 1.165) is 109 Å². The molecule has 27 nitrogen and oxygen atoms in total. The molecular formula is C90H108Cl3N15O12. The second-order valence-corrected chi connectivity index (χ2v) is 34.8. The first-order chi connectivity index (χ1) is 56.8. The number of aromatic nitrogens is 6. The molecule has 4 aromatic heterocycles. The Morgan fingerprint density at radius 2 is 1.02 bits per heavy atom. The number of alkyl halides is 1. The van der Waals surface area contributed by atoms with Gasteiger partial charge in [0.25, 0.3) is 22.9 Å². The van der Waals surface area contributed by atoms with Crippen LogP contribution in [0.25, 0.3) is 31.5 Å². The van der Waals surface area contributed by atoms with Gasteiger partial charge in [-0.25, -0.2) is 29.6 Å². The van der Waals surface area contributed by atoms with Crippen molar-refractivity contribution >= 4 is 115 Å². The summed E-state index contributed by atoms with van der Waals surface area (Å²) in [7, 11) is 0. The van der Waals surface area contributed by atoms with E-state index in [1.54, 1.807) is 93.0 Å². The molecule has 636 valence electrons. The molecule has 0 radical (unpaired) electrons. The summed E-state index contributed by atoms with van der Waals surface area (Å²) in [4.78, 5) is 133. The number of benzene rings is 4. The van der Waals surface area contributed by atoms with Crippen molar-refractivity contribution in [3.8, 4) is 23.0 Å². The van der Waals surface area contributed by atoms with E-state index in [2.05, 4.69) is 121 Å². The third-order valence-corrected chi connectivity index (χ3v) is 24.7. The standard InChI is InChI=1S/C44H51ClN8O6.C25H30ClN5O2.C20H23ClN2O4.CH4/c1-27-48-37-30(40(57)53(27)33-16-18-36(54)49-39(33)56)11-10-12-34(37)58-24-9-7-8-19-51-20-22-52(23-21-51)35-17-13-28(26-47-35)38(55)50-41-43(2,3)42(44(41,4)5)59-29-14-15-32(46-6)31(45)25-29;1-24(2)22(25(3,4)23(24)33-17-7-8-19(27-5)18(26)14-17)30-21(32)16-6-9-20(29-15-16)31-12-10-28-11-13-31;1-13-22-19-15(6-5-7-18(19)27-11-4-2-3-10-21)20(26)23(13)16-9-8-14(24)12-17(16)25;/h10-15,17,25-26,33,41-42H,7-9,16,18-24H2,1-5H3,(H,50,55)(H,49,54,56);6-9,14-15,22-23,28H,10-13H2,1-4H3,(H,30,32);5-7,16H,2-4,8-12H2,1H3;1H4. The van der Waals surface area contributed by atoms with Crippen molar-refractivity contribution in [3.63, 3.8) is 0 Å². The summed E-state index contributed by atoms with van der Waals surface area (Å²) >= 11 is 18.1. The lowest BCUT2D eigenvalue weighted by Crippen LogP contribution is -2.74. The SMILES string of the molecule is C.Cc1nc2c(OCCCCCCl)cccc2c(=O)n1C1CCC(=O)CC1=O.[C-]#[N+]c1ccc(OC2C(C)(C)C(NC(=O)c3ccc(N4CCN(CCCCCOc5cccc6c(=O)n(C7CCC(=O)NC7=O)c(C)nc56)CC4)nc3)C2(C)C)cc1Cl.[C-]#[N+]c1ccc(OC2C(C)(C)C(NC(=O)c3ccc(N4CCNCC4)nc3)C2(C)C)cc1Cl. The van der Waals surface area contributed by atoms with Crippen molar-refractivity contribution in [2.24, 2.45) is 21.7 Å². The maximum Gasteiger partial charge on any atom is 0.262 e. The summed E-state index contributed by atoms with van der Waals surface area (Å²) in [5, 5.41) is 13.6. The van der Waals surface area contributed by atoms with Gasteiger partial charge in [-0.05, 0) is 145 Å². The number of nitrogens with zero attached hydrogens (tertiary/aromatic N) is 11. The Labute approximate surface area is 715 Å². The number of Topliss-reactive ketones (excluding diaryl/α,β-unsaturated/α-hetero) is 2. The van der Waals surface area contributed by atoms with E-state index in [4.69, 9.17) is 66.9 Å². The predicted octanol–water partition coefficient (Wildman–Crippen LogP) is 14.6. The Balaban J connectivity index is 0.000000194. The van der Waals surface area contributed by atoms with Crippen LogP contribution in [-0.2, 0) is 19.2 Å². The van der Waals surface area contributed by atoms with E-state index in [9.17, 15) is 38.4 Å². The van der Waals surface area contributed by atoms with E-state index in [1.165, 1.54) is 9.13 Å². The fraction of sp³-hybridized carbons (Fsp3) is 0.489. The fourth-order valence-corrected chi connectivity index (χ4v) is 18.7. The van der Waals surface area contributed by atoms with Gasteiger partial charge in [0.15, 0.2) is 5.78 Å². The zero-order chi connectivity index (χ0) is 85.3. The molecule has 6 fully saturated rings. The second-order valence-electron chi connectivity index (χ2n) is 33.6. The van der Waals surface area contributed by atoms with Crippen molar-refractivity contribution in [3.05, 3.63) is 186 Å². The molecule has 6 aliphatic rings. The van der Waals surface area contributed by atoms with Crippen molar-refractivity contribution in [2.75, 3.05) is 87.8 Å². The van der Waals surface area contributed by atoms with Crippen molar-refractivity contribution < 1.29 is 47.7 Å². The van der Waals surface area contributed by atoms with Gasteiger partial charge in [-0.15, -0.1) is 11.6 Å². The van der Waals surface area contributed by atoms with Crippen molar-refractivity contribution in [1.82, 2.24) is 55.2 Å². The number of ketones is 2. The maximum absolute atomic E-state index is 13.4. The molecule has 4 aromatic carbocycles. The number of hydrogen-bond acceptors (Lipinski definition) is 20. The number of halogens is 3. The fourth-order valence-electron chi connectivity index (χ4n) is 18.1. The second kappa shape index (κ2) is 38.9. The number of imide groups is 1. The number of para-hydroxylation sites is 2. The number of anilines is 2. The van der Waals surface area contributed by atoms with E-state index in [0.29, 0.717) is 121 Å². The number of unbranched alkanes of at least 4 members (excludes halogenated alkanes) is 4. The van der Waals surface area contributed by atoms with Crippen LogP contribution < -0.4 is 61.1 Å².